The van der Waals surface area contributed by atoms with Crippen LogP contribution in [0.4, 0.5) is 4.39 Å². The van der Waals surface area contributed by atoms with Crippen molar-refractivity contribution in [1.82, 2.24) is 0 Å². The molecular weight excluding hydrogens is 548 g/mol. The molecule has 36 heavy (non-hydrogen) atoms. The molecule has 3 rings (SSSR count). The Labute approximate surface area is 226 Å². The maximum absolute atomic E-state index is 14.6. The molecule has 4 unspecified atom stereocenters. The monoisotopic (exact) mass is 570 g/mol. The van der Waals surface area contributed by atoms with Crippen molar-refractivity contribution < 1.29 is 32.7 Å². The number of ether oxygens (including phenoxy) is 3. The van der Waals surface area contributed by atoms with Crippen LogP contribution in [0.1, 0.15) is 25.8 Å². The fourth-order valence-corrected chi connectivity index (χ4v) is 4.76. The summed E-state index contributed by atoms with van der Waals surface area (Å²) < 4.78 is 38.0. The summed E-state index contributed by atoms with van der Waals surface area (Å²) in [7, 11) is 5.62. The van der Waals surface area contributed by atoms with Crippen molar-refractivity contribution >= 4 is 62.1 Å². The summed E-state index contributed by atoms with van der Waals surface area (Å²) in [6.45, 7) is 3.54. The van der Waals surface area contributed by atoms with Crippen molar-refractivity contribution in [3.8, 4) is 11.5 Å². The van der Waals surface area contributed by atoms with Crippen LogP contribution in [0.5, 0.6) is 11.5 Å². The molecule has 0 aliphatic carbocycles. The first-order valence-electron chi connectivity index (χ1n) is 10.7. The third-order valence-electron chi connectivity index (χ3n) is 5.20. The van der Waals surface area contributed by atoms with Crippen molar-refractivity contribution in [3.63, 3.8) is 0 Å². The molecule has 1 N–H and O–H groups in total. The number of carboxylic acids is 1. The van der Waals surface area contributed by atoms with Gasteiger partial charge >= 0.3 is 5.97 Å². The summed E-state index contributed by atoms with van der Waals surface area (Å²) in [4.78, 5) is 11.0. The number of benzene rings is 2. The molecule has 0 amide bonds. The number of carboxylic acid groups (broad SMARTS) is 1. The molecule has 1 aliphatic rings. The van der Waals surface area contributed by atoms with Crippen molar-refractivity contribution in [3.05, 3.63) is 75.0 Å². The van der Waals surface area contributed by atoms with Crippen LogP contribution >= 0.6 is 42.5 Å². The Kier molecular flexibility index (Phi) is 11.0. The second kappa shape index (κ2) is 13.7. The van der Waals surface area contributed by atoms with Crippen LogP contribution in [0.25, 0.3) is 6.08 Å². The molecule has 12 heteroatoms. The van der Waals surface area contributed by atoms with Gasteiger partial charge in [-0.25, -0.2) is 9.18 Å². The quantitative estimate of drug-likeness (QED) is 0.104. The summed E-state index contributed by atoms with van der Waals surface area (Å²) in [5.74, 6) is -1.23. The normalized spacial score (nSPS) is 20.8. The summed E-state index contributed by atoms with van der Waals surface area (Å²) >= 11 is 13.2. The fourth-order valence-electron chi connectivity index (χ4n) is 3.40. The van der Waals surface area contributed by atoms with Gasteiger partial charge in [-0.2, -0.15) is 0 Å². The Morgan fingerprint density at radius 1 is 1.28 bits per heavy atom. The second-order valence-corrected chi connectivity index (χ2v) is 10.5. The van der Waals surface area contributed by atoms with Crippen LogP contribution < -0.4 is 9.47 Å². The van der Waals surface area contributed by atoms with E-state index < -0.39 is 24.2 Å². The largest absolute Gasteiger partial charge is 0.488 e. The first kappa shape index (κ1) is 28.8. The SMILES string of the molecule is [B]PSOC1CC(Oc2ccc(/C=C(\C)C(=O)O)cc2F)OC1/C(C)=C\COc1ccc(Cl)cc1Cl. The molecule has 0 bridgehead atoms. The summed E-state index contributed by atoms with van der Waals surface area (Å²) in [6, 6.07) is 9.18. The van der Waals surface area contributed by atoms with Gasteiger partial charge in [0.25, 0.3) is 0 Å². The predicted molar refractivity (Wildman–Crippen MR) is 144 cm³/mol. The zero-order valence-corrected chi connectivity index (χ0v) is 22.7. The van der Waals surface area contributed by atoms with Gasteiger partial charge in [-0.3, -0.25) is 0 Å². The number of hydrogen-bond acceptors (Lipinski definition) is 6. The number of halogens is 3. The lowest BCUT2D eigenvalue weighted by molar-refractivity contribution is -0.132. The summed E-state index contributed by atoms with van der Waals surface area (Å²) in [5.41, 5.74) is 1.33. The van der Waals surface area contributed by atoms with Gasteiger partial charge in [-0.05, 0) is 67.5 Å². The Morgan fingerprint density at radius 2 is 2.03 bits per heavy atom. The van der Waals surface area contributed by atoms with Crippen LogP contribution in [0.15, 0.2) is 53.6 Å². The van der Waals surface area contributed by atoms with Crippen LogP contribution in [-0.4, -0.2) is 43.7 Å². The standard InChI is InChI=1S/C24H23BCl2FO6PS/c1-13(7-8-31-19-6-4-16(26)11-17(19)27)23-21(34-36-35-25)12-22(33-23)32-20-5-3-15(10-18(20)28)9-14(2)24(29)30/h3-7,9-11,21-23,35H,8,12H2,1-2H3,(H,29,30)/b13-7-,14-9+. The topological polar surface area (TPSA) is 74.2 Å². The maximum atomic E-state index is 14.6. The average molecular weight is 571 g/mol. The Balaban J connectivity index is 1.67. The lowest BCUT2D eigenvalue weighted by Crippen LogP contribution is -2.24. The molecule has 1 heterocycles. The van der Waals surface area contributed by atoms with Crippen molar-refractivity contribution in [1.29, 1.82) is 0 Å². The third-order valence-corrected chi connectivity index (χ3v) is 6.75. The van der Waals surface area contributed by atoms with Gasteiger partial charge in [0, 0.05) is 28.7 Å². The lowest BCUT2D eigenvalue weighted by atomic mass is 10.1. The van der Waals surface area contributed by atoms with E-state index in [1.165, 1.54) is 25.1 Å². The highest BCUT2D eigenvalue weighted by Gasteiger charge is 2.39. The first-order chi connectivity index (χ1) is 17.2. The lowest BCUT2D eigenvalue weighted by Gasteiger charge is -2.19. The Bertz CT molecular complexity index is 1150. The van der Waals surface area contributed by atoms with Gasteiger partial charge in [0.15, 0.2) is 11.6 Å². The molecular formula is C24H23BCl2FO6PS. The minimum atomic E-state index is -1.08. The highest BCUT2D eigenvalue weighted by Crippen LogP contribution is 2.37. The minimum Gasteiger partial charge on any atom is -0.488 e. The molecule has 1 saturated heterocycles. The smallest absolute Gasteiger partial charge is 0.331 e. The van der Waals surface area contributed by atoms with E-state index in [1.54, 1.807) is 24.3 Å². The van der Waals surface area contributed by atoms with Crippen molar-refractivity contribution in [2.24, 2.45) is 0 Å². The zero-order valence-electron chi connectivity index (χ0n) is 19.4. The molecule has 2 radical (unpaired) electrons. The molecule has 2 aromatic rings. The molecule has 1 aliphatic heterocycles. The Morgan fingerprint density at radius 3 is 2.69 bits per heavy atom. The first-order valence-corrected chi connectivity index (χ1v) is 14.0. The predicted octanol–water partition coefficient (Wildman–Crippen LogP) is 6.85. The summed E-state index contributed by atoms with van der Waals surface area (Å²) in [6.07, 6.45) is 1.95. The van der Waals surface area contributed by atoms with Crippen LogP contribution in [-0.2, 0) is 13.7 Å². The van der Waals surface area contributed by atoms with Gasteiger partial charge < -0.3 is 23.5 Å². The van der Waals surface area contributed by atoms with Gasteiger partial charge in [0.2, 0.25) is 6.29 Å². The molecule has 0 saturated carbocycles. The van der Waals surface area contributed by atoms with E-state index >= 15 is 0 Å². The van der Waals surface area contributed by atoms with E-state index in [4.69, 9.17) is 54.3 Å². The van der Waals surface area contributed by atoms with E-state index in [2.05, 4.69) is 0 Å². The van der Waals surface area contributed by atoms with Gasteiger partial charge in [0.05, 0.1) is 5.02 Å². The van der Waals surface area contributed by atoms with Gasteiger partial charge in [-0.15, -0.1) is 0 Å². The van der Waals surface area contributed by atoms with E-state index in [0.717, 1.165) is 17.2 Å². The molecule has 2 aromatic carbocycles. The van der Waals surface area contributed by atoms with Crippen LogP contribution in [0.2, 0.25) is 10.0 Å². The number of rotatable bonds is 11. The van der Waals surface area contributed by atoms with Gasteiger partial charge in [0.1, 0.15) is 32.1 Å². The Hall–Kier alpha value is -1.74. The third kappa shape index (κ3) is 8.14. The zero-order chi connectivity index (χ0) is 26.2. The van der Waals surface area contributed by atoms with E-state index in [9.17, 15) is 9.18 Å². The van der Waals surface area contributed by atoms with Gasteiger partial charge in [-0.1, -0.05) is 36.9 Å². The molecule has 0 aromatic heterocycles. The molecule has 1 fully saturated rings. The molecule has 4 atom stereocenters. The number of carbonyl (C=O) groups is 1. The van der Waals surface area contributed by atoms with Crippen LogP contribution in [0, 0.1) is 5.82 Å². The van der Waals surface area contributed by atoms with E-state index in [1.807, 2.05) is 13.0 Å². The minimum absolute atomic E-state index is 0.0137. The maximum Gasteiger partial charge on any atom is 0.331 e. The fraction of sp³-hybridized carbons (Fsp3) is 0.292. The molecule has 190 valence electrons. The molecule has 0 spiro atoms. The molecule has 6 nitrogen and oxygen atoms in total. The summed E-state index contributed by atoms with van der Waals surface area (Å²) in [5, 5.41) is 9.92. The highest BCUT2D eigenvalue weighted by molar-refractivity contribution is 8.53. The van der Waals surface area contributed by atoms with E-state index in [0.29, 0.717) is 27.8 Å². The highest BCUT2D eigenvalue weighted by atomic mass is 35.5. The average Bonchev–Trinajstić information content (AvgIpc) is 3.23. The number of hydrogen-bond donors (Lipinski definition) is 1. The number of aliphatic carboxylic acids is 1. The van der Waals surface area contributed by atoms with E-state index in [-0.39, 0.29) is 31.7 Å². The van der Waals surface area contributed by atoms with Crippen LogP contribution in [0.3, 0.4) is 0 Å². The second-order valence-electron chi connectivity index (χ2n) is 7.83. The van der Waals surface area contributed by atoms with Crippen molar-refractivity contribution in [2.45, 2.75) is 38.8 Å². The van der Waals surface area contributed by atoms with Crippen molar-refractivity contribution in [2.75, 3.05) is 6.61 Å².